The first-order valence-corrected chi connectivity index (χ1v) is 39.4. The van der Waals surface area contributed by atoms with Gasteiger partial charge in [0.05, 0.1) is 33.8 Å². The van der Waals surface area contributed by atoms with Gasteiger partial charge in [-0.3, -0.25) is 18.6 Å². The number of rotatable bonds is 69. The second kappa shape index (κ2) is 68.1. The molecule has 0 saturated carbocycles. The Balaban J connectivity index is 5.03. The van der Waals surface area contributed by atoms with Crippen molar-refractivity contribution in [3.8, 4) is 0 Å². The summed E-state index contributed by atoms with van der Waals surface area (Å²) in [5.41, 5.74) is 0. The van der Waals surface area contributed by atoms with Crippen molar-refractivity contribution in [2.75, 3.05) is 40.9 Å². The standard InChI is InChI=1S/C79H145N2O7P/c1-7-10-13-16-19-22-25-28-30-32-34-36-38-39-40-41-43-44-46-48-50-53-56-59-62-65-68-71-78(82)80-76(75-87-89(84,85)86-74-73-81(4,5)6)77(70-67-64-61-58-55-52-27-24-21-18-15-12-9-3)88-79(83)72-69-66-63-60-57-54-51-49-47-45-42-37-35-33-31-29-26-23-20-17-14-11-8-2/h11,14,20,23,28-31,35,37,45,47,67,70,76-77H,7-10,12-13,15-19,21-22,24-27,32-34,36,38-44,46,48-66,68-69,71-75H2,1-6H3,(H-,80,82,84,85)/p+1/b14-11-,23-20-,30-28+,31-29-,37-35-,47-45-,70-67-. The maximum atomic E-state index is 13.7. The van der Waals surface area contributed by atoms with E-state index in [4.69, 9.17) is 13.8 Å². The van der Waals surface area contributed by atoms with Crippen LogP contribution in [0.5, 0.6) is 0 Å². The van der Waals surface area contributed by atoms with Crippen LogP contribution in [-0.2, 0) is 27.9 Å². The van der Waals surface area contributed by atoms with E-state index in [0.717, 1.165) is 103 Å². The molecule has 518 valence electrons. The van der Waals surface area contributed by atoms with Gasteiger partial charge in [0.25, 0.3) is 0 Å². The van der Waals surface area contributed by atoms with E-state index in [1.54, 1.807) is 0 Å². The maximum Gasteiger partial charge on any atom is 0.472 e. The Labute approximate surface area is 552 Å². The van der Waals surface area contributed by atoms with Crippen LogP contribution in [0.2, 0.25) is 0 Å². The highest BCUT2D eigenvalue weighted by Crippen LogP contribution is 2.43. The van der Waals surface area contributed by atoms with Gasteiger partial charge in [-0.1, -0.05) is 324 Å². The van der Waals surface area contributed by atoms with Crippen LogP contribution in [-0.4, -0.2) is 74.3 Å². The Kier molecular flexibility index (Phi) is 65.9. The molecule has 0 heterocycles. The van der Waals surface area contributed by atoms with Crippen molar-refractivity contribution in [3.63, 3.8) is 0 Å². The Morgan fingerprint density at radius 3 is 1.09 bits per heavy atom. The number of carbonyl (C=O) groups excluding carboxylic acids is 2. The number of nitrogens with one attached hydrogen (secondary N) is 1. The zero-order valence-electron chi connectivity index (χ0n) is 59.4. The fraction of sp³-hybridized carbons (Fsp3) is 0.797. The fourth-order valence-corrected chi connectivity index (χ4v) is 11.8. The number of esters is 1. The van der Waals surface area contributed by atoms with Crippen LogP contribution in [0.4, 0.5) is 0 Å². The third-order valence-electron chi connectivity index (χ3n) is 16.8. The molecule has 10 heteroatoms. The zero-order chi connectivity index (χ0) is 64.9. The predicted molar refractivity (Wildman–Crippen MR) is 388 cm³/mol. The van der Waals surface area contributed by atoms with Crippen LogP contribution in [0.15, 0.2) is 85.1 Å². The summed E-state index contributed by atoms with van der Waals surface area (Å²) >= 11 is 0. The number of hydrogen-bond donors (Lipinski definition) is 2. The summed E-state index contributed by atoms with van der Waals surface area (Å²) in [7, 11) is 1.49. The Hall–Kier alpha value is -2.81. The van der Waals surface area contributed by atoms with E-state index in [1.165, 1.54) is 218 Å². The fourth-order valence-electron chi connectivity index (χ4n) is 11.0. The van der Waals surface area contributed by atoms with Crippen LogP contribution in [0.25, 0.3) is 0 Å². The summed E-state index contributed by atoms with van der Waals surface area (Å²) in [6.45, 7) is 6.93. The number of phosphoric acid groups is 1. The van der Waals surface area contributed by atoms with E-state index in [1.807, 2.05) is 33.3 Å². The molecular formula is C79H146N2O7P+. The molecule has 3 unspecified atom stereocenters. The van der Waals surface area contributed by atoms with Crippen molar-refractivity contribution in [1.82, 2.24) is 5.32 Å². The molecule has 0 aromatic rings. The molecule has 0 aromatic carbocycles. The Bertz CT molecular complexity index is 1800. The SMILES string of the molecule is CC/C=C\C/C=C\C/C=C\C/C=C\C/C=C\CCCCCCCCCC(=O)OC(/C=C\CCCCCCCCCCCCC)C(COP(=O)(O)OCC[N+](C)(C)C)NC(=O)CCCCCCCCCCCCCCCCCCC/C=C/CCCCCCCC. The maximum absolute atomic E-state index is 13.7. The predicted octanol–water partition coefficient (Wildman–Crippen LogP) is 24.5. The molecule has 0 aromatic heterocycles. The van der Waals surface area contributed by atoms with E-state index in [9.17, 15) is 19.0 Å². The lowest BCUT2D eigenvalue weighted by molar-refractivity contribution is -0.870. The number of likely N-dealkylation sites (N-methyl/N-ethyl adjacent to an activating group) is 1. The van der Waals surface area contributed by atoms with Crippen LogP contribution >= 0.6 is 7.82 Å². The highest BCUT2D eigenvalue weighted by atomic mass is 31.2. The second-order valence-electron chi connectivity index (χ2n) is 26.8. The monoisotopic (exact) mass is 1270 g/mol. The van der Waals surface area contributed by atoms with Crippen molar-refractivity contribution in [3.05, 3.63) is 85.1 Å². The lowest BCUT2D eigenvalue weighted by atomic mass is 10.0. The Morgan fingerprint density at radius 1 is 0.404 bits per heavy atom. The number of carbonyl (C=O) groups is 2. The van der Waals surface area contributed by atoms with Gasteiger partial charge in [0.15, 0.2) is 0 Å². The molecule has 0 radical (unpaired) electrons. The van der Waals surface area contributed by atoms with Crippen molar-refractivity contribution < 1.29 is 37.3 Å². The molecule has 3 atom stereocenters. The van der Waals surface area contributed by atoms with E-state index in [2.05, 4.69) is 99.0 Å². The van der Waals surface area contributed by atoms with Crippen LogP contribution in [0.1, 0.15) is 355 Å². The number of amides is 1. The van der Waals surface area contributed by atoms with E-state index in [0.29, 0.717) is 17.4 Å². The van der Waals surface area contributed by atoms with Crippen LogP contribution in [0.3, 0.4) is 0 Å². The minimum absolute atomic E-state index is 0.0368. The largest absolute Gasteiger partial charge is 0.472 e. The quantitative estimate of drug-likeness (QED) is 0.0205. The molecule has 0 aliphatic carbocycles. The molecule has 0 rings (SSSR count). The van der Waals surface area contributed by atoms with E-state index >= 15 is 0 Å². The van der Waals surface area contributed by atoms with Gasteiger partial charge in [-0.2, -0.15) is 0 Å². The summed E-state index contributed by atoms with van der Waals surface area (Å²) in [6, 6.07) is -0.857. The van der Waals surface area contributed by atoms with Gasteiger partial charge in [-0.15, -0.1) is 0 Å². The average Bonchev–Trinajstić information content (AvgIpc) is 3.57. The number of phosphoric ester groups is 1. The molecular weight excluding hydrogens is 1120 g/mol. The summed E-state index contributed by atoms with van der Waals surface area (Å²) < 4.78 is 30.9. The molecule has 0 aliphatic rings. The van der Waals surface area contributed by atoms with E-state index in [-0.39, 0.29) is 31.5 Å². The first-order chi connectivity index (χ1) is 43.4. The van der Waals surface area contributed by atoms with Gasteiger partial charge < -0.3 is 19.4 Å². The van der Waals surface area contributed by atoms with Crippen LogP contribution < -0.4 is 5.32 Å². The number of ether oxygens (including phenoxy) is 1. The first-order valence-electron chi connectivity index (χ1n) is 37.9. The number of allylic oxidation sites excluding steroid dienone is 13. The molecule has 1 amide bonds. The van der Waals surface area contributed by atoms with Gasteiger partial charge in [0, 0.05) is 12.8 Å². The summed E-state index contributed by atoms with van der Waals surface area (Å²) in [6.07, 6.45) is 91.8. The Morgan fingerprint density at radius 2 is 0.719 bits per heavy atom. The smallest absolute Gasteiger partial charge is 0.456 e. The summed E-state index contributed by atoms with van der Waals surface area (Å²) in [4.78, 5) is 38.0. The average molecular weight is 1270 g/mol. The van der Waals surface area contributed by atoms with Crippen molar-refractivity contribution in [1.29, 1.82) is 0 Å². The van der Waals surface area contributed by atoms with Crippen molar-refractivity contribution in [2.24, 2.45) is 0 Å². The van der Waals surface area contributed by atoms with Gasteiger partial charge in [-0.25, -0.2) is 4.57 Å². The lowest BCUT2D eigenvalue weighted by Gasteiger charge is -2.27. The topological polar surface area (TPSA) is 111 Å². The van der Waals surface area contributed by atoms with Gasteiger partial charge >= 0.3 is 13.8 Å². The lowest BCUT2D eigenvalue weighted by Crippen LogP contribution is -2.47. The van der Waals surface area contributed by atoms with Crippen molar-refractivity contribution in [2.45, 2.75) is 367 Å². The first kappa shape index (κ1) is 86.2. The normalized spacial score (nSPS) is 13.9. The highest BCUT2D eigenvalue weighted by Gasteiger charge is 2.30. The molecule has 2 N–H and O–H groups in total. The number of hydrogen-bond acceptors (Lipinski definition) is 6. The van der Waals surface area contributed by atoms with Crippen LogP contribution in [0, 0.1) is 0 Å². The molecule has 0 spiro atoms. The number of nitrogens with zero attached hydrogens (tertiary/aromatic N) is 1. The van der Waals surface area contributed by atoms with Gasteiger partial charge in [0.2, 0.25) is 5.91 Å². The minimum Gasteiger partial charge on any atom is -0.456 e. The third kappa shape index (κ3) is 69.4. The molecule has 0 bridgehead atoms. The molecule has 0 aliphatic heterocycles. The molecule has 0 fully saturated rings. The molecule has 89 heavy (non-hydrogen) atoms. The van der Waals surface area contributed by atoms with Crippen molar-refractivity contribution >= 4 is 19.7 Å². The highest BCUT2D eigenvalue weighted by molar-refractivity contribution is 7.47. The third-order valence-corrected chi connectivity index (χ3v) is 17.8. The number of unbranched alkanes of at least 4 members (excludes halogenated alkanes) is 41. The summed E-state index contributed by atoms with van der Waals surface area (Å²) in [5.74, 6) is -0.506. The van der Waals surface area contributed by atoms with Gasteiger partial charge in [-0.05, 0) is 102 Å². The minimum atomic E-state index is -4.46. The van der Waals surface area contributed by atoms with E-state index < -0.39 is 20.0 Å². The molecule has 9 nitrogen and oxygen atoms in total. The van der Waals surface area contributed by atoms with Gasteiger partial charge in [0.1, 0.15) is 19.3 Å². The number of quaternary nitrogens is 1. The second-order valence-corrected chi connectivity index (χ2v) is 28.2. The zero-order valence-corrected chi connectivity index (χ0v) is 60.3. The summed E-state index contributed by atoms with van der Waals surface area (Å²) in [5, 5.41) is 3.08. The molecule has 0 saturated heterocycles.